The number of hydrogen-bond acceptors (Lipinski definition) is 7. The number of hydrogen-bond donors (Lipinski definition) is 0. The summed E-state index contributed by atoms with van der Waals surface area (Å²) in [4.78, 5) is 31.3. The minimum Gasteiger partial charge on any atom is -0.444 e. The first kappa shape index (κ1) is 21.7. The van der Waals surface area contributed by atoms with Gasteiger partial charge in [-0.25, -0.2) is 14.8 Å². The SMILES string of the molecule is Cc1nc2c(c(N3CCC3)n1)[C@@H](C)N(C(=O)O[C@@H]1CCN(c3ccnc(C(F)(F)F)c3)C1)C2. The standard InChI is InChI=1S/C22H25F3N6O2/c1-13-19-17(27-14(2)28-20(19)29-7-3-8-29)12-31(13)21(32)33-16-5-9-30(11-16)15-4-6-26-18(10-15)22(23,24)25/h4,6,10,13,16H,3,5,7-9,11-12H2,1-2H3/t13-,16-/m1/s1. The lowest BCUT2D eigenvalue weighted by Crippen LogP contribution is -2.39. The molecule has 2 aromatic rings. The monoisotopic (exact) mass is 462 g/mol. The van der Waals surface area contributed by atoms with E-state index in [0.29, 0.717) is 37.6 Å². The van der Waals surface area contributed by atoms with Crippen LogP contribution in [0.15, 0.2) is 18.3 Å². The Labute approximate surface area is 189 Å². The molecule has 1 amide bonds. The topological polar surface area (TPSA) is 74.7 Å². The van der Waals surface area contributed by atoms with Gasteiger partial charge in [-0.15, -0.1) is 0 Å². The maximum atomic E-state index is 13.0. The number of aryl methyl sites for hydroxylation is 1. The zero-order chi connectivity index (χ0) is 23.3. The Morgan fingerprint density at radius 3 is 2.67 bits per heavy atom. The number of aromatic nitrogens is 3. The second-order valence-electron chi connectivity index (χ2n) is 8.74. The molecule has 2 fully saturated rings. The number of halogens is 3. The lowest BCUT2D eigenvalue weighted by molar-refractivity contribution is -0.141. The van der Waals surface area contributed by atoms with Crippen molar-refractivity contribution >= 4 is 17.6 Å². The molecule has 8 nitrogen and oxygen atoms in total. The smallest absolute Gasteiger partial charge is 0.433 e. The maximum Gasteiger partial charge on any atom is 0.433 e. The van der Waals surface area contributed by atoms with Gasteiger partial charge in [-0.1, -0.05) is 0 Å². The van der Waals surface area contributed by atoms with Gasteiger partial charge < -0.3 is 14.5 Å². The number of ether oxygens (including phenoxy) is 1. The van der Waals surface area contributed by atoms with E-state index in [1.54, 1.807) is 9.80 Å². The van der Waals surface area contributed by atoms with Gasteiger partial charge in [0.1, 0.15) is 23.4 Å². The second-order valence-corrected chi connectivity index (χ2v) is 8.74. The Kier molecular flexibility index (Phi) is 5.29. The van der Waals surface area contributed by atoms with Crippen molar-refractivity contribution in [3.63, 3.8) is 0 Å². The highest BCUT2D eigenvalue weighted by atomic mass is 19.4. The van der Waals surface area contributed by atoms with Gasteiger partial charge in [0.05, 0.1) is 24.8 Å². The Bertz CT molecular complexity index is 1070. The predicted octanol–water partition coefficient (Wildman–Crippen LogP) is 3.70. The normalized spacial score (nSPS) is 22.4. The average Bonchev–Trinajstić information content (AvgIpc) is 3.30. The molecule has 0 aliphatic carbocycles. The molecule has 0 unspecified atom stereocenters. The molecule has 2 saturated heterocycles. The molecule has 2 atom stereocenters. The number of anilines is 2. The number of pyridine rings is 1. The molecular formula is C22H25F3N6O2. The summed E-state index contributed by atoms with van der Waals surface area (Å²) >= 11 is 0. The van der Waals surface area contributed by atoms with Crippen molar-refractivity contribution < 1.29 is 22.7 Å². The summed E-state index contributed by atoms with van der Waals surface area (Å²) in [6, 6.07) is 2.36. The van der Waals surface area contributed by atoms with Crippen molar-refractivity contribution in [3.8, 4) is 0 Å². The van der Waals surface area contributed by atoms with Crippen molar-refractivity contribution in [3.05, 3.63) is 41.1 Å². The summed E-state index contributed by atoms with van der Waals surface area (Å²) in [5.74, 6) is 1.58. The number of fused-ring (bicyclic) bond motifs is 1. The molecule has 0 saturated carbocycles. The molecule has 5 rings (SSSR count). The Morgan fingerprint density at radius 2 is 1.97 bits per heavy atom. The first-order valence-corrected chi connectivity index (χ1v) is 11.1. The molecule has 0 bridgehead atoms. The van der Waals surface area contributed by atoms with Gasteiger partial charge in [-0.2, -0.15) is 13.2 Å². The van der Waals surface area contributed by atoms with E-state index in [2.05, 4.69) is 19.9 Å². The largest absolute Gasteiger partial charge is 0.444 e. The molecule has 0 radical (unpaired) electrons. The third-order valence-corrected chi connectivity index (χ3v) is 6.52. The minimum absolute atomic E-state index is 0.212. The van der Waals surface area contributed by atoms with Crippen molar-refractivity contribution in [1.82, 2.24) is 19.9 Å². The van der Waals surface area contributed by atoms with E-state index in [1.165, 1.54) is 6.07 Å². The number of nitrogens with zero attached hydrogens (tertiary/aromatic N) is 6. The van der Waals surface area contributed by atoms with Crippen LogP contribution in [0.1, 0.15) is 48.6 Å². The molecule has 0 spiro atoms. The van der Waals surface area contributed by atoms with Crippen LogP contribution in [0.25, 0.3) is 0 Å². The number of carbonyl (C=O) groups excluding carboxylic acids is 1. The van der Waals surface area contributed by atoms with Crippen molar-refractivity contribution in [2.24, 2.45) is 0 Å². The maximum absolute atomic E-state index is 13.0. The number of rotatable bonds is 3. The lowest BCUT2D eigenvalue weighted by atomic mass is 10.1. The van der Waals surface area contributed by atoms with Crippen LogP contribution in [0.3, 0.4) is 0 Å². The highest BCUT2D eigenvalue weighted by Crippen LogP contribution is 2.40. The lowest BCUT2D eigenvalue weighted by Gasteiger charge is -2.34. The molecule has 0 N–H and O–H groups in total. The fourth-order valence-electron chi connectivity index (χ4n) is 4.66. The molecule has 3 aliphatic rings. The van der Waals surface area contributed by atoms with Crippen molar-refractivity contribution in [2.75, 3.05) is 36.0 Å². The van der Waals surface area contributed by atoms with Gasteiger partial charge >= 0.3 is 12.3 Å². The van der Waals surface area contributed by atoms with Gasteiger partial charge in [0.25, 0.3) is 0 Å². The Balaban J connectivity index is 1.25. The second kappa shape index (κ2) is 8.03. The summed E-state index contributed by atoms with van der Waals surface area (Å²) in [6.07, 6.45) is -2.53. The molecule has 176 valence electrons. The van der Waals surface area contributed by atoms with Gasteiger partial charge in [-0.3, -0.25) is 9.88 Å². The Hall–Kier alpha value is -3.11. The summed E-state index contributed by atoms with van der Waals surface area (Å²) in [6.45, 7) is 6.89. The fraction of sp³-hybridized carbons (Fsp3) is 0.545. The van der Waals surface area contributed by atoms with Gasteiger partial charge in [0, 0.05) is 43.5 Å². The van der Waals surface area contributed by atoms with Crippen LogP contribution in [0.5, 0.6) is 0 Å². The molecule has 3 aliphatic heterocycles. The van der Waals surface area contributed by atoms with Crippen molar-refractivity contribution in [1.29, 1.82) is 0 Å². The van der Waals surface area contributed by atoms with E-state index in [1.807, 2.05) is 13.8 Å². The first-order valence-electron chi connectivity index (χ1n) is 11.1. The highest BCUT2D eigenvalue weighted by molar-refractivity contribution is 5.71. The summed E-state index contributed by atoms with van der Waals surface area (Å²) in [5.41, 5.74) is 1.31. The van der Waals surface area contributed by atoms with Crippen molar-refractivity contribution in [2.45, 2.75) is 51.6 Å². The minimum atomic E-state index is -4.50. The molecular weight excluding hydrogens is 437 g/mol. The van der Waals surface area contributed by atoms with Gasteiger partial charge in [0.2, 0.25) is 0 Å². The van der Waals surface area contributed by atoms with Crippen LogP contribution in [-0.4, -0.2) is 58.2 Å². The quantitative estimate of drug-likeness (QED) is 0.689. The third-order valence-electron chi connectivity index (χ3n) is 6.52. The van der Waals surface area contributed by atoms with Crippen LogP contribution in [-0.2, 0) is 17.5 Å². The van der Waals surface area contributed by atoms with E-state index in [0.717, 1.165) is 48.8 Å². The van der Waals surface area contributed by atoms with Crippen LogP contribution in [0, 0.1) is 6.92 Å². The van der Waals surface area contributed by atoms with E-state index in [-0.39, 0.29) is 6.04 Å². The van der Waals surface area contributed by atoms with Crippen LogP contribution < -0.4 is 9.80 Å². The third kappa shape index (κ3) is 4.04. The van der Waals surface area contributed by atoms with E-state index in [9.17, 15) is 18.0 Å². The van der Waals surface area contributed by atoms with Crippen LogP contribution in [0.2, 0.25) is 0 Å². The summed E-state index contributed by atoms with van der Waals surface area (Å²) < 4.78 is 44.7. The van der Waals surface area contributed by atoms with Crippen LogP contribution >= 0.6 is 0 Å². The molecule has 11 heteroatoms. The summed E-state index contributed by atoms with van der Waals surface area (Å²) in [7, 11) is 0. The van der Waals surface area contributed by atoms with E-state index in [4.69, 9.17) is 4.74 Å². The molecule has 33 heavy (non-hydrogen) atoms. The van der Waals surface area contributed by atoms with E-state index < -0.39 is 24.1 Å². The van der Waals surface area contributed by atoms with Crippen LogP contribution in [0.4, 0.5) is 29.5 Å². The first-order chi connectivity index (χ1) is 15.7. The molecule has 0 aromatic carbocycles. The molecule has 2 aromatic heterocycles. The number of alkyl halides is 3. The Morgan fingerprint density at radius 1 is 1.18 bits per heavy atom. The van der Waals surface area contributed by atoms with Gasteiger partial charge in [-0.05, 0) is 32.4 Å². The van der Waals surface area contributed by atoms with E-state index >= 15 is 0 Å². The fourth-order valence-corrected chi connectivity index (χ4v) is 4.66. The highest BCUT2D eigenvalue weighted by Gasteiger charge is 2.39. The zero-order valence-corrected chi connectivity index (χ0v) is 18.5. The number of amides is 1. The zero-order valence-electron chi connectivity index (χ0n) is 18.5. The molecule has 5 heterocycles. The predicted molar refractivity (Wildman–Crippen MR) is 114 cm³/mol. The average molecular weight is 462 g/mol. The van der Waals surface area contributed by atoms with Gasteiger partial charge in [0.15, 0.2) is 0 Å². The summed E-state index contributed by atoms with van der Waals surface area (Å²) in [5, 5.41) is 0. The number of carbonyl (C=O) groups is 1.